The van der Waals surface area contributed by atoms with Gasteiger partial charge in [-0.1, -0.05) is 0 Å². The minimum absolute atomic E-state index is 0.242. The van der Waals surface area contributed by atoms with Crippen molar-refractivity contribution in [3.8, 4) is 0 Å². The summed E-state index contributed by atoms with van der Waals surface area (Å²) in [4.78, 5) is 0. The minimum Gasteiger partial charge on any atom is -0.350 e. The predicted molar refractivity (Wildman–Crippen MR) is 45.7 cm³/mol. The van der Waals surface area contributed by atoms with Crippen molar-refractivity contribution in [2.75, 3.05) is 13.2 Å². The molecule has 0 aromatic carbocycles. The Bertz CT molecular complexity index is 145. The molecule has 0 aromatic rings. The summed E-state index contributed by atoms with van der Waals surface area (Å²) in [7, 11) is 0. The Labute approximate surface area is 73.2 Å². The number of hydrogen-bond acceptors (Lipinski definition) is 3. The highest BCUT2D eigenvalue weighted by molar-refractivity contribution is 4.82. The van der Waals surface area contributed by atoms with E-state index in [1.165, 1.54) is 0 Å². The van der Waals surface area contributed by atoms with Gasteiger partial charge in [-0.3, -0.25) is 0 Å². The fourth-order valence-corrected chi connectivity index (χ4v) is 1.99. The first-order valence-corrected chi connectivity index (χ1v) is 4.84. The summed E-state index contributed by atoms with van der Waals surface area (Å²) in [5.41, 5.74) is 5.81. The Morgan fingerprint density at radius 2 is 1.67 bits per heavy atom. The summed E-state index contributed by atoms with van der Waals surface area (Å²) < 4.78 is 11.4. The molecule has 1 aliphatic heterocycles. The van der Waals surface area contributed by atoms with Crippen LogP contribution in [0.4, 0.5) is 0 Å². The van der Waals surface area contributed by atoms with Gasteiger partial charge in [0.2, 0.25) is 0 Å². The third kappa shape index (κ3) is 1.63. The standard InChI is InChI=1S/C9H17NO2/c10-8-2-4-9(5-3-8)11-6-1-7-12-9/h8H,1-7,10H2. The van der Waals surface area contributed by atoms with Crippen molar-refractivity contribution in [1.82, 2.24) is 0 Å². The number of rotatable bonds is 0. The Balaban J connectivity index is 1.92. The maximum absolute atomic E-state index is 5.81. The molecule has 0 radical (unpaired) electrons. The maximum atomic E-state index is 5.81. The van der Waals surface area contributed by atoms with Gasteiger partial charge in [0.15, 0.2) is 5.79 Å². The molecule has 1 heterocycles. The van der Waals surface area contributed by atoms with Crippen molar-refractivity contribution in [2.45, 2.75) is 43.9 Å². The normalized spacial score (nSPS) is 30.8. The van der Waals surface area contributed by atoms with Gasteiger partial charge in [0.25, 0.3) is 0 Å². The molecule has 3 nitrogen and oxygen atoms in total. The second kappa shape index (κ2) is 3.32. The molecule has 12 heavy (non-hydrogen) atoms. The first-order chi connectivity index (χ1) is 5.81. The van der Waals surface area contributed by atoms with Gasteiger partial charge in [-0.25, -0.2) is 0 Å². The lowest BCUT2D eigenvalue weighted by atomic mass is 9.90. The monoisotopic (exact) mass is 171 g/mol. The average molecular weight is 171 g/mol. The summed E-state index contributed by atoms with van der Waals surface area (Å²) in [6.45, 7) is 1.71. The van der Waals surface area contributed by atoms with Crippen molar-refractivity contribution in [1.29, 1.82) is 0 Å². The summed E-state index contributed by atoms with van der Waals surface area (Å²) >= 11 is 0. The Morgan fingerprint density at radius 3 is 2.25 bits per heavy atom. The van der Waals surface area contributed by atoms with E-state index in [2.05, 4.69) is 0 Å². The lowest BCUT2D eigenvalue weighted by Crippen LogP contribution is -2.46. The molecule has 1 aliphatic carbocycles. The highest BCUT2D eigenvalue weighted by Gasteiger charge is 2.37. The van der Waals surface area contributed by atoms with Gasteiger partial charge in [-0.05, 0) is 19.3 Å². The molecule has 2 fully saturated rings. The third-order valence-electron chi connectivity index (χ3n) is 2.81. The van der Waals surface area contributed by atoms with Gasteiger partial charge in [-0.15, -0.1) is 0 Å². The Kier molecular flexibility index (Phi) is 2.35. The number of ether oxygens (including phenoxy) is 2. The van der Waals surface area contributed by atoms with E-state index in [0.29, 0.717) is 6.04 Å². The summed E-state index contributed by atoms with van der Waals surface area (Å²) in [5, 5.41) is 0. The molecule has 0 unspecified atom stereocenters. The average Bonchev–Trinajstić information content (AvgIpc) is 2.13. The fraction of sp³-hybridized carbons (Fsp3) is 1.00. The van der Waals surface area contributed by atoms with Crippen LogP contribution in [0.15, 0.2) is 0 Å². The van der Waals surface area contributed by atoms with Gasteiger partial charge < -0.3 is 15.2 Å². The van der Waals surface area contributed by atoms with E-state index < -0.39 is 0 Å². The van der Waals surface area contributed by atoms with Crippen LogP contribution < -0.4 is 5.73 Å². The molecular weight excluding hydrogens is 154 g/mol. The molecule has 2 aliphatic rings. The van der Waals surface area contributed by atoms with Gasteiger partial charge in [0.05, 0.1) is 13.2 Å². The molecule has 1 saturated carbocycles. The predicted octanol–water partition coefficient (Wildman–Crippen LogP) is 1.02. The van der Waals surface area contributed by atoms with Gasteiger partial charge >= 0.3 is 0 Å². The lowest BCUT2D eigenvalue weighted by Gasteiger charge is -2.41. The van der Waals surface area contributed by atoms with Crippen molar-refractivity contribution in [3.63, 3.8) is 0 Å². The molecule has 0 amide bonds. The van der Waals surface area contributed by atoms with Gasteiger partial charge in [0, 0.05) is 18.9 Å². The lowest BCUT2D eigenvalue weighted by molar-refractivity contribution is -0.280. The van der Waals surface area contributed by atoms with E-state index in [-0.39, 0.29) is 5.79 Å². The van der Waals surface area contributed by atoms with Gasteiger partial charge in [0.1, 0.15) is 0 Å². The van der Waals surface area contributed by atoms with E-state index >= 15 is 0 Å². The van der Waals surface area contributed by atoms with Crippen LogP contribution in [0.2, 0.25) is 0 Å². The van der Waals surface area contributed by atoms with E-state index in [1.807, 2.05) is 0 Å². The van der Waals surface area contributed by atoms with Crippen molar-refractivity contribution in [3.05, 3.63) is 0 Å². The fourth-order valence-electron chi connectivity index (χ4n) is 1.99. The largest absolute Gasteiger partial charge is 0.350 e. The van der Waals surface area contributed by atoms with Crippen LogP contribution in [-0.2, 0) is 9.47 Å². The van der Waals surface area contributed by atoms with Crippen LogP contribution >= 0.6 is 0 Å². The summed E-state index contributed by atoms with van der Waals surface area (Å²) in [5.74, 6) is -0.242. The van der Waals surface area contributed by atoms with E-state index in [0.717, 1.165) is 45.3 Å². The molecule has 3 heteroatoms. The topological polar surface area (TPSA) is 44.5 Å². The van der Waals surface area contributed by atoms with Crippen LogP contribution in [0.3, 0.4) is 0 Å². The minimum atomic E-state index is -0.242. The van der Waals surface area contributed by atoms with Crippen LogP contribution in [-0.4, -0.2) is 25.0 Å². The van der Waals surface area contributed by atoms with Crippen LogP contribution in [0.1, 0.15) is 32.1 Å². The van der Waals surface area contributed by atoms with E-state index in [1.54, 1.807) is 0 Å². The van der Waals surface area contributed by atoms with Crippen molar-refractivity contribution >= 4 is 0 Å². The molecular formula is C9H17NO2. The van der Waals surface area contributed by atoms with Crippen molar-refractivity contribution in [2.24, 2.45) is 5.73 Å². The molecule has 1 saturated heterocycles. The first-order valence-electron chi connectivity index (χ1n) is 4.84. The van der Waals surface area contributed by atoms with Crippen molar-refractivity contribution < 1.29 is 9.47 Å². The molecule has 1 spiro atoms. The van der Waals surface area contributed by atoms with E-state index in [9.17, 15) is 0 Å². The highest BCUT2D eigenvalue weighted by Crippen LogP contribution is 2.34. The third-order valence-corrected chi connectivity index (χ3v) is 2.81. The zero-order valence-electron chi connectivity index (χ0n) is 7.42. The number of hydrogen-bond donors (Lipinski definition) is 1. The first kappa shape index (κ1) is 8.48. The molecule has 0 aromatic heterocycles. The smallest absolute Gasteiger partial charge is 0.168 e. The highest BCUT2D eigenvalue weighted by atomic mass is 16.7. The molecule has 2 N–H and O–H groups in total. The molecule has 70 valence electrons. The van der Waals surface area contributed by atoms with E-state index in [4.69, 9.17) is 15.2 Å². The van der Waals surface area contributed by atoms with Crippen LogP contribution in [0, 0.1) is 0 Å². The Morgan fingerprint density at radius 1 is 1.08 bits per heavy atom. The second-order valence-corrected chi connectivity index (χ2v) is 3.80. The maximum Gasteiger partial charge on any atom is 0.168 e. The summed E-state index contributed by atoms with van der Waals surface area (Å²) in [6, 6.07) is 0.366. The summed E-state index contributed by atoms with van der Waals surface area (Å²) in [6.07, 6.45) is 5.08. The Hall–Kier alpha value is -0.120. The van der Waals surface area contributed by atoms with Gasteiger partial charge in [-0.2, -0.15) is 0 Å². The molecule has 2 rings (SSSR count). The SMILES string of the molecule is NC1CCC2(CC1)OCCCO2. The zero-order valence-corrected chi connectivity index (χ0v) is 7.42. The number of nitrogens with two attached hydrogens (primary N) is 1. The molecule has 0 bridgehead atoms. The second-order valence-electron chi connectivity index (χ2n) is 3.80. The quantitative estimate of drug-likeness (QED) is 0.592. The van der Waals surface area contributed by atoms with Crippen LogP contribution in [0.5, 0.6) is 0 Å². The zero-order chi connectivity index (χ0) is 8.44. The molecule has 0 atom stereocenters. The van der Waals surface area contributed by atoms with Crippen LogP contribution in [0.25, 0.3) is 0 Å².